The van der Waals surface area contributed by atoms with Crippen LogP contribution in [0.3, 0.4) is 0 Å². The van der Waals surface area contributed by atoms with Crippen LogP contribution in [0.5, 0.6) is 0 Å². The molecule has 10 aliphatic rings. The van der Waals surface area contributed by atoms with Gasteiger partial charge in [0.1, 0.15) is 68.6 Å². The second-order valence-electron chi connectivity index (χ2n) is 34.8. The van der Waals surface area contributed by atoms with Crippen LogP contribution in [0, 0.1) is 0 Å². The quantitative estimate of drug-likeness (QED) is 0.0188. The third kappa shape index (κ3) is 25.2. The van der Waals surface area contributed by atoms with E-state index in [4.69, 9.17) is 28.1 Å². The lowest BCUT2D eigenvalue weighted by Crippen LogP contribution is -2.33. The SMILES string of the molecule is CC1=C(O)C(=Nc2c(NCCN3CCCCC3)nn3ccccc23)C=CC1=O.NC1=CC(=O)C(=Nc2c(NCCN3CCCCC3)nn3ccccc23)C=C1.NC1=CC(=O)C=CC1=Nc1c(NCCN2CCCCC2)nn2ccccc12.O=C1C=C(O)C(Cl)=CC1=Nc1c(NCCN2CCCCC2)nn2ccccc12.O=C1C=CC(=Nc2c(NCCN3CCCCC3)nn3ccccc23)C(O)=C1. The van der Waals surface area contributed by atoms with Crippen molar-refractivity contribution >= 4 is 154 Å². The third-order valence-electron chi connectivity index (χ3n) is 24.9. The zero-order valence-corrected chi connectivity index (χ0v) is 77.9. The molecule has 0 saturated carbocycles. The van der Waals surface area contributed by atoms with E-state index in [0.717, 1.165) is 163 Å². The summed E-state index contributed by atoms with van der Waals surface area (Å²) < 4.78 is 8.85. The summed E-state index contributed by atoms with van der Waals surface area (Å²) in [6.07, 6.45) is 47.5. The van der Waals surface area contributed by atoms with Crippen molar-refractivity contribution in [2.45, 2.75) is 103 Å². The fourth-order valence-electron chi connectivity index (χ4n) is 17.5. The van der Waals surface area contributed by atoms with Crippen molar-refractivity contribution in [3.8, 4) is 0 Å². The van der Waals surface area contributed by atoms with Gasteiger partial charge < -0.3 is 77.9 Å². The predicted molar refractivity (Wildman–Crippen MR) is 542 cm³/mol. The van der Waals surface area contributed by atoms with Crippen LogP contribution < -0.4 is 38.1 Å². The van der Waals surface area contributed by atoms with Crippen molar-refractivity contribution in [1.82, 2.24) is 72.6 Å². The molecule has 5 aliphatic heterocycles. The van der Waals surface area contributed by atoms with Crippen LogP contribution in [-0.4, -0.2) is 276 Å². The number of aliphatic imine (C=N–C) groups is 5. The first-order valence-corrected chi connectivity index (χ1v) is 47.8. The molecule has 712 valence electrons. The molecule has 5 saturated heterocycles. The van der Waals surface area contributed by atoms with Crippen molar-refractivity contribution in [3.05, 3.63) is 240 Å². The minimum absolute atomic E-state index is 0.0814. The Kier molecular flexibility index (Phi) is 32.7. The number of aliphatic hydroxyl groups is 3. The molecule has 35 nitrogen and oxygen atoms in total. The molecule has 0 amide bonds. The number of fused-ring (bicyclic) bond motifs is 5. The molecule has 0 unspecified atom stereocenters. The number of halogens is 1. The highest BCUT2D eigenvalue weighted by Crippen LogP contribution is 2.37. The lowest BCUT2D eigenvalue weighted by Gasteiger charge is -2.26. The Bertz CT molecular complexity index is 6430. The van der Waals surface area contributed by atoms with Crippen molar-refractivity contribution < 1.29 is 39.3 Å². The Morgan fingerprint density at radius 2 is 0.620 bits per heavy atom. The second-order valence-corrected chi connectivity index (χ2v) is 35.2. The maximum atomic E-state index is 12.2. The molecule has 0 aromatic carbocycles. The number of allylic oxidation sites excluding steroid dienone is 15. The summed E-state index contributed by atoms with van der Waals surface area (Å²) in [7, 11) is 0. The number of nitrogens with zero attached hydrogens (tertiary/aromatic N) is 20. The van der Waals surface area contributed by atoms with Crippen molar-refractivity contribution in [1.29, 1.82) is 0 Å². The summed E-state index contributed by atoms with van der Waals surface area (Å²) in [6.45, 7) is 21.8. The Balaban J connectivity index is 0.000000124. The predicted octanol–water partition coefficient (Wildman–Crippen LogP) is 14.2. The van der Waals surface area contributed by atoms with E-state index in [9.17, 15) is 39.3 Å². The number of hydrogen-bond acceptors (Lipinski definition) is 30. The first kappa shape index (κ1) is 95.8. The average molecular weight is 1870 g/mol. The lowest BCUT2D eigenvalue weighted by molar-refractivity contribution is -0.112. The van der Waals surface area contributed by atoms with E-state index in [0.29, 0.717) is 85.8 Å². The number of aliphatic hydroxyl groups excluding tert-OH is 3. The van der Waals surface area contributed by atoms with Gasteiger partial charge in [0.25, 0.3) is 0 Å². The maximum Gasteiger partial charge on any atom is 0.207 e. The molecule has 0 bridgehead atoms. The molecule has 0 atom stereocenters. The number of piperidine rings is 5. The van der Waals surface area contributed by atoms with E-state index in [1.165, 1.54) is 158 Å². The van der Waals surface area contributed by atoms with Gasteiger partial charge in [-0.15, -0.1) is 25.5 Å². The van der Waals surface area contributed by atoms with Gasteiger partial charge in [-0.2, -0.15) is 0 Å². The molecule has 10 aromatic rings. The zero-order chi connectivity index (χ0) is 94.9. The van der Waals surface area contributed by atoms with E-state index >= 15 is 0 Å². The van der Waals surface area contributed by atoms with Gasteiger partial charge >= 0.3 is 0 Å². The molecule has 12 N–H and O–H groups in total. The number of pyridine rings is 5. The van der Waals surface area contributed by atoms with Gasteiger partial charge in [-0.05, 0) is 252 Å². The van der Waals surface area contributed by atoms with Crippen molar-refractivity contribution in [2.75, 3.05) is 157 Å². The topological polar surface area (TPSA) is 423 Å². The van der Waals surface area contributed by atoms with Crippen LogP contribution in [0.1, 0.15) is 103 Å². The Hall–Kier alpha value is -14.4. The standard InChI is InChI=1S/C21H25N5O2.C20H22ClN5O2.2C20H24N6O.C20H23N5O2/c1-15-18(27)9-8-16(20(15)28)23-19-17-7-3-6-13-26(17)24-21(19)22-10-14-25-11-4-2-5-12-25;21-14-12-15(18(28)13-17(14)27)23-19-16-6-2-5-10-26(16)24-20(19)22-7-11-25-8-3-1-4-9-25;21-16-14-15(27)7-8-17(16)23-19-18-6-2-5-12-26(18)24-20(19)22-9-13-25-10-3-1-4-11-25;21-15-7-8-16(18(27)14-15)23-19-17-6-2-5-12-26(17)24-20(19)22-9-13-25-10-3-1-4-11-25;26-15-7-8-16(18(27)14-15)22-19-17-6-2-5-12-25(17)23-20(19)21-9-13-24-10-3-1-4-11-24/h3,6-9,13,28H,2,4-5,10-12,14H2,1H3,(H,22,24);2,5-6,10,12-13,27H,1,3-4,7-9,11H2,(H,22,24);2*2,5-8,12,14H,1,3-4,9-11,13,21H2,(H,22,24);2,5-8,12,14,27H,1,3-4,9-11,13H2,(H,21,23). The summed E-state index contributed by atoms with van der Waals surface area (Å²) in [4.78, 5) is 94.4. The minimum Gasteiger partial charge on any atom is -0.506 e. The molecular formula is C101H118ClN27O8. The number of hydrogen-bond donors (Lipinski definition) is 10. The molecule has 20 rings (SSSR count). The number of anilines is 5. The minimum atomic E-state index is -0.392. The Labute approximate surface area is 799 Å². The summed E-state index contributed by atoms with van der Waals surface area (Å²) in [6, 6.07) is 28.9. The first-order chi connectivity index (χ1) is 66.9. The van der Waals surface area contributed by atoms with Gasteiger partial charge in [-0.3, -0.25) is 24.0 Å². The number of nitrogens with one attached hydrogen (secondary N) is 5. The van der Waals surface area contributed by atoms with Crippen LogP contribution in [0.4, 0.5) is 57.5 Å². The van der Waals surface area contributed by atoms with E-state index in [-0.39, 0.29) is 51.2 Å². The first-order valence-electron chi connectivity index (χ1n) is 47.5. The summed E-state index contributed by atoms with van der Waals surface area (Å²) in [5.41, 5.74) is 22.1. The molecule has 5 fully saturated rings. The smallest absolute Gasteiger partial charge is 0.207 e. The summed E-state index contributed by atoms with van der Waals surface area (Å²) >= 11 is 5.96. The number of rotatable bonds is 25. The van der Waals surface area contributed by atoms with E-state index in [1.807, 2.05) is 122 Å². The average Bonchev–Trinajstić information content (AvgIpc) is 1.67. The third-order valence-corrected chi connectivity index (χ3v) is 25.2. The number of nitrogens with two attached hydrogens (primary N) is 2. The van der Waals surface area contributed by atoms with E-state index in [2.05, 4.69) is 96.5 Å². The number of likely N-dealkylation sites (tertiary alicyclic amines) is 5. The highest BCUT2D eigenvalue weighted by molar-refractivity contribution is 6.52. The van der Waals surface area contributed by atoms with Gasteiger partial charge in [-0.25, -0.2) is 47.5 Å². The fourth-order valence-corrected chi connectivity index (χ4v) is 17.6. The van der Waals surface area contributed by atoms with Crippen LogP contribution >= 0.6 is 11.6 Å². The van der Waals surface area contributed by atoms with Gasteiger partial charge in [0, 0.05) is 132 Å². The van der Waals surface area contributed by atoms with Crippen LogP contribution in [0.2, 0.25) is 0 Å². The van der Waals surface area contributed by atoms with Crippen molar-refractivity contribution in [3.63, 3.8) is 0 Å². The Morgan fingerprint density at radius 1 is 0.321 bits per heavy atom. The highest BCUT2D eigenvalue weighted by Gasteiger charge is 2.27. The van der Waals surface area contributed by atoms with Gasteiger partial charge in [0.05, 0.1) is 44.0 Å². The van der Waals surface area contributed by atoms with E-state index in [1.54, 1.807) is 53.8 Å². The van der Waals surface area contributed by atoms with Gasteiger partial charge in [0.2, 0.25) is 11.6 Å². The van der Waals surface area contributed by atoms with Crippen LogP contribution in [-0.2, 0) is 24.0 Å². The molecule has 36 heteroatoms. The largest absolute Gasteiger partial charge is 0.506 e. The second kappa shape index (κ2) is 46.7. The van der Waals surface area contributed by atoms with E-state index < -0.39 is 5.78 Å². The molecule has 10 aromatic heterocycles. The number of carbonyl (C=O) groups is 5. The van der Waals surface area contributed by atoms with Crippen molar-refractivity contribution in [2.24, 2.45) is 36.4 Å². The number of carbonyl (C=O) groups excluding carboxylic acids is 5. The Morgan fingerprint density at radius 3 is 0.964 bits per heavy atom. The van der Waals surface area contributed by atoms with Gasteiger partial charge in [0.15, 0.2) is 46.4 Å². The summed E-state index contributed by atoms with van der Waals surface area (Å²) in [5.74, 6) is 1.78. The molecule has 137 heavy (non-hydrogen) atoms. The summed E-state index contributed by atoms with van der Waals surface area (Å²) in [5, 5.41) is 70.1. The molecular weight excluding hydrogens is 1750 g/mol. The zero-order valence-electron chi connectivity index (χ0n) is 77.2. The monoisotopic (exact) mass is 1870 g/mol. The lowest BCUT2D eigenvalue weighted by atomic mass is 10.0. The normalized spacial score (nSPS) is 19.7. The van der Waals surface area contributed by atoms with Gasteiger partial charge in [-0.1, -0.05) is 74.0 Å². The van der Waals surface area contributed by atoms with Crippen LogP contribution in [0.15, 0.2) is 265 Å². The number of aromatic nitrogens is 10. The molecule has 0 spiro atoms. The molecule has 0 radical (unpaired) electrons. The molecule has 15 heterocycles. The highest BCUT2D eigenvalue weighted by atomic mass is 35.5. The molecule has 5 aliphatic carbocycles. The van der Waals surface area contributed by atoms with Crippen LogP contribution in [0.25, 0.3) is 27.6 Å². The fraction of sp³-hybridized carbons (Fsp3) is 0.356. The number of ketones is 5. The maximum absolute atomic E-state index is 12.2.